The minimum Gasteiger partial charge on any atom is -0.378 e. The smallest absolute Gasteiger partial charge is 0.242 e. The number of morpholine rings is 1. The van der Waals surface area contributed by atoms with Gasteiger partial charge in [0, 0.05) is 20.1 Å². The predicted octanol–water partition coefficient (Wildman–Crippen LogP) is -1.29. The summed E-state index contributed by atoms with van der Waals surface area (Å²) in [6, 6.07) is -0.606. The lowest BCUT2D eigenvalue weighted by molar-refractivity contribution is -0.142. The summed E-state index contributed by atoms with van der Waals surface area (Å²) in [4.78, 5) is 25.6. The minimum absolute atomic E-state index is 0.0178. The van der Waals surface area contributed by atoms with Crippen molar-refractivity contribution in [3.63, 3.8) is 0 Å². The molecule has 2 aliphatic heterocycles. The summed E-state index contributed by atoms with van der Waals surface area (Å²) < 4.78 is 5.27. The second-order valence-corrected chi connectivity index (χ2v) is 4.39. The van der Waals surface area contributed by atoms with Crippen LogP contribution >= 0.6 is 0 Å². The highest BCUT2D eigenvalue weighted by atomic mass is 16.5. The molecule has 0 radical (unpaired) electrons. The van der Waals surface area contributed by atoms with Crippen molar-refractivity contribution < 1.29 is 14.3 Å². The molecule has 17 heavy (non-hydrogen) atoms. The molecule has 0 spiro atoms. The first-order valence-corrected chi connectivity index (χ1v) is 6.07. The van der Waals surface area contributed by atoms with Gasteiger partial charge in [0.1, 0.15) is 12.1 Å². The van der Waals surface area contributed by atoms with Gasteiger partial charge in [-0.2, -0.15) is 0 Å². The van der Waals surface area contributed by atoms with Crippen LogP contribution in [0.25, 0.3) is 0 Å². The van der Waals surface area contributed by atoms with Crippen LogP contribution < -0.4 is 10.6 Å². The first kappa shape index (κ1) is 12.3. The Bertz CT molecular complexity index is 302. The van der Waals surface area contributed by atoms with Crippen LogP contribution in [-0.2, 0) is 14.3 Å². The lowest BCUT2D eigenvalue weighted by atomic mass is 10.2. The van der Waals surface area contributed by atoms with Gasteiger partial charge in [0.15, 0.2) is 0 Å². The highest BCUT2D eigenvalue weighted by Gasteiger charge is 2.37. The third-order valence-corrected chi connectivity index (χ3v) is 3.30. The number of nitrogens with one attached hydrogen (secondary N) is 2. The Kier molecular flexibility index (Phi) is 3.96. The molecule has 2 rings (SSSR count). The van der Waals surface area contributed by atoms with Gasteiger partial charge in [0.25, 0.3) is 0 Å². The maximum Gasteiger partial charge on any atom is 0.242 e. The Hall–Kier alpha value is -1.14. The van der Waals surface area contributed by atoms with Gasteiger partial charge in [0.2, 0.25) is 11.8 Å². The number of likely N-dealkylation sites (tertiary alicyclic amines) is 1. The van der Waals surface area contributed by atoms with Gasteiger partial charge in [-0.05, 0) is 12.8 Å². The standard InChI is InChI=1S/C11H19N3O3/c1-12-10(15)9-3-2-5-14(9)11(16)8-7-17-6-4-13-8/h8-9,13H,2-7H2,1H3,(H,12,15). The highest BCUT2D eigenvalue weighted by Crippen LogP contribution is 2.18. The molecule has 0 aromatic rings. The zero-order valence-electron chi connectivity index (χ0n) is 10.1. The largest absolute Gasteiger partial charge is 0.378 e. The van der Waals surface area contributed by atoms with E-state index in [1.807, 2.05) is 0 Å². The fourth-order valence-corrected chi connectivity index (χ4v) is 2.39. The van der Waals surface area contributed by atoms with Crippen molar-refractivity contribution in [2.45, 2.75) is 24.9 Å². The number of nitrogens with zero attached hydrogens (tertiary/aromatic N) is 1. The molecule has 2 aliphatic rings. The van der Waals surface area contributed by atoms with Crippen molar-refractivity contribution in [3.05, 3.63) is 0 Å². The molecule has 0 aromatic heterocycles. The monoisotopic (exact) mass is 241 g/mol. The molecule has 0 bridgehead atoms. The lowest BCUT2D eigenvalue weighted by Gasteiger charge is -2.30. The molecule has 2 fully saturated rings. The maximum atomic E-state index is 12.2. The fraction of sp³-hybridized carbons (Fsp3) is 0.818. The van der Waals surface area contributed by atoms with Crippen molar-refractivity contribution in [2.24, 2.45) is 0 Å². The molecule has 2 saturated heterocycles. The number of hydrogen-bond donors (Lipinski definition) is 2. The van der Waals surface area contributed by atoms with Crippen LogP contribution in [0.2, 0.25) is 0 Å². The Morgan fingerprint density at radius 2 is 2.29 bits per heavy atom. The second kappa shape index (κ2) is 5.46. The molecular weight excluding hydrogens is 222 g/mol. The SMILES string of the molecule is CNC(=O)C1CCCN1C(=O)C1COCCN1. The molecule has 2 heterocycles. The minimum atomic E-state index is -0.309. The predicted molar refractivity (Wildman–Crippen MR) is 61.4 cm³/mol. The van der Waals surface area contributed by atoms with E-state index in [1.54, 1.807) is 11.9 Å². The van der Waals surface area contributed by atoms with Crippen LogP contribution in [0.5, 0.6) is 0 Å². The molecule has 6 heteroatoms. The van der Waals surface area contributed by atoms with Gasteiger partial charge in [-0.25, -0.2) is 0 Å². The summed E-state index contributed by atoms with van der Waals surface area (Å²) in [5.74, 6) is -0.0941. The van der Waals surface area contributed by atoms with Gasteiger partial charge >= 0.3 is 0 Å². The van der Waals surface area contributed by atoms with Crippen LogP contribution in [0.3, 0.4) is 0 Å². The topological polar surface area (TPSA) is 70.7 Å². The normalized spacial score (nSPS) is 29.1. The Morgan fingerprint density at radius 1 is 1.47 bits per heavy atom. The second-order valence-electron chi connectivity index (χ2n) is 4.39. The molecule has 6 nitrogen and oxygen atoms in total. The van der Waals surface area contributed by atoms with Crippen molar-refractivity contribution in [3.8, 4) is 0 Å². The molecule has 96 valence electrons. The van der Waals surface area contributed by atoms with Gasteiger partial charge in [-0.1, -0.05) is 0 Å². The van der Waals surface area contributed by atoms with E-state index in [4.69, 9.17) is 4.74 Å². The average Bonchev–Trinajstić information content (AvgIpc) is 2.87. The quantitative estimate of drug-likeness (QED) is 0.631. The number of amides is 2. The van der Waals surface area contributed by atoms with Crippen molar-refractivity contribution in [1.29, 1.82) is 0 Å². The molecule has 0 saturated carbocycles. The van der Waals surface area contributed by atoms with Gasteiger partial charge in [-0.15, -0.1) is 0 Å². The van der Waals surface area contributed by atoms with Crippen molar-refractivity contribution in [2.75, 3.05) is 33.4 Å². The number of rotatable bonds is 2. The summed E-state index contributed by atoms with van der Waals surface area (Å²) in [5, 5.41) is 5.74. The summed E-state index contributed by atoms with van der Waals surface area (Å²) in [6.45, 7) is 2.39. The Morgan fingerprint density at radius 3 is 2.94 bits per heavy atom. The first-order valence-electron chi connectivity index (χ1n) is 6.07. The van der Waals surface area contributed by atoms with E-state index >= 15 is 0 Å². The van der Waals surface area contributed by atoms with E-state index < -0.39 is 0 Å². The van der Waals surface area contributed by atoms with Crippen LogP contribution in [-0.4, -0.2) is 62.1 Å². The highest BCUT2D eigenvalue weighted by molar-refractivity contribution is 5.90. The summed E-state index contributed by atoms with van der Waals surface area (Å²) in [5.41, 5.74) is 0. The molecule has 0 aliphatic carbocycles. The molecule has 0 aromatic carbocycles. The van der Waals surface area contributed by atoms with E-state index in [1.165, 1.54) is 0 Å². The van der Waals surface area contributed by atoms with Gasteiger partial charge in [-0.3, -0.25) is 9.59 Å². The lowest BCUT2D eigenvalue weighted by Crippen LogP contribution is -2.55. The third-order valence-electron chi connectivity index (χ3n) is 3.30. The van der Waals surface area contributed by atoms with E-state index in [-0.39, 0.29) is 23.9 Å². The van der Waals surface area contributed by atoms with Gasteiger partial charge in [0.05, 0.1) is 13.2 Å². The molecule has 2 amide bonds. The van der Waals surface area contributed by atoms with E-state index in [2.05, 4.69) is 10.6 Å². The summed E-state index contributed by atoms with van der Waals surface area (Å²) >= 11 is 0. The number of hydrogen-bond acceptors (Lipinski definition) is 4. The number of carbonyl (C=O) groups excluding carboxylic acids is 2. The zero-order valence-corrected chi connectivity index (χ0v) is 10.1. The first-order chi connectivity index (χ1) is 8.24. The number of likely N-dealkylation sites (N-methyl/N-ethyl adjacent to an activating group) is 1. The van der Waals surface area contributed by atoms with Crippen LogP contribution in [0.15, 0.2) is 0 Å². The molecule has 2 N–H and O–H groups in total. The fourth-order valence-electron chi connectivity index (χ4n) is 2.39. The third kappa shape index (κ3) is 2.58. The van der Waals surface area contributed by atoms with E-state index in [9.17, 15) is 9.59 Å². The summed E-state index contributed by atoms with van der Waals surface area (Å²) in [6.07, 6.45) is 1.64. The maximum absolute atomic E-state index is 12.2. The van der Waals surface area contributed by atoms with E-state index in [0.717, 1.165) is 12.8 Å². The van der Waals surface area contributed by atoms with Crippen LogP contribution in [0.4, 0.5) is 0 Å². The van der Waals surface area contributed by atoms with Crippen LogP contribution in [0.1, 0.15) is 12.8 Å². The van der Waals surface area contributed by atoms with E-state index in [0.29, 0.717) is 26.3 Å². The molecular formula is C11H19N3O3. The van der Waals surface area contributed by atoms with Crippen molar-refractivity contribution >= 4 is 11.8 Å². The van der Waals surface area contributed by atoms with Crippen LogP contribution in [0, 0.1) is 0 Å². The molecule has 2 unspecified atom stereocenters. The van der Waals surface area contributed by atoms with Gasteiger partial charge < -0.3 is 20.3 Å². The summed E-state index contributed by atoms with van der Waals surface area (Å²) in [7, 11) is 1.60. The zero-order chi connectivity index (χ0) is 12.3. The average molecular weight is 241 g/mol. The molecule has 2 atom stereocenters. The Labute approximate surface area is 101 Å². The van der Waals surface area contributed by atoms with Crippen molar-refractivity contribution in [1.82, 2.24) is 15.5 Å². The number of ether oxygens (including phenoxy) is 1. The number of carbonyl (C=O) groups is 2. The Balaban J connectivity index is 1.99.